The number of carbonyl (C=O) groups is 2. The lowest BCUT2D eigenvalue weighted by atomic mass is 9.84. The van der Waals surface area contributed by atoms with Gasteiger partial charge >= 0.3 is 0 Å². The number of aryl methyl sites for hydroxylation is 4. The zero-order valence-corrected chi connectivity index (χ0v) is 20.3. The van der Waals surface area contributed by atoms with Gasteiger partial charge in [0, 0.05) is 19.0 Å². The van der Waals surface area contributed by atoms with Crippen molar-refractivity contribution in [1.29, 1.82) is 0 Å². The second kappa shape index (κ2) is 8.92. The van der Waals surface area contributed by atoms with Crippen molar-refractivity contribution < 1.29 is 9.59 Å². The third kappa shape index (κ3) is 4.86. The molecule has 2 unspecified atom stereocenters. The Morgan fingerprint density at radius 2 is 1.28 bits per heavy atom. The third-order valence-electron chi connectivity index (χ3n) is 5.78. The zero-order chi connectivity index (χ0) is 22.1. The highest BCUT2D eigenvalue weighted by molar-refractivity contribution is 7.90. The smallest absolute Gasteiger partial charge is 0.192 e. The molecule has 0 aliphatic heterocycles. The average molecular weight is 411 g/mol. The van der Waals surface area contributed by atoms with Crippen molar-refractivity contribution in [3.05, 3.63) is 69.3 Å². The molecular weight excluding hydrogens is 375 g/mol. The molecular formula is C26H35O2P. The Bertz CT molecular complexity index is 891. The van der Waals surface area contributed by atoms with Gasteiger partial charge in [-0.2, -0.15) is 0 Å². The Hall–Kier alpha value is -1.79. The SMILES string of the molecule is CCC(C)P(C(=O)c1c(C)cccc1C)C(=O)c1c(C)cc(C(C)(C)C)cc1C. The van der Waals surface area contributed by atoms with Gasteiger partial charge in [-0.05, 0) is 73.0 Å². The monoisotopic (exact) mass is 410 g/mol. The fourth-order valence-electron chi connectivity index (χ4n) is 3.80. The van der Waals surface area contributed by atoms with Crippen LogP contribution in [0.4, 0.5) is 0 Å². The summed E-state index contributed by atoms with van der Waals surface area (Å²) >= 11 is 0. The molecule has 0 aromatic heterocycles. The van der Waals surface area contributed by atoms with E-state index < -0.39 is 7.92 Å². The van der Waals surface area contributed by atoms with Crippen molar-refractivity contribution in [2.75, 3.05) is 0 Å². The van der Waals surface area contributed by atoms with Gasteiger partial charge in [-0.15, -0.1) is 0 Å². The van der Waals surface area contributed by atoms with E-state index >= 15 is 0 Å². The third-order valence-corrected chi connectivity index (χ3v) is 8.35. The molecule has 2 atom stereocenters. The minimum absolute atomic E-state index is 0.0205. The lowest BCUT2D eigenvalue weighted by molar-refractivity contribution is 0.104. The molecule has 0 saturated carbocycles. The Kier molecular flexibility index (Phi) is 7.23. The van der Waals surface area contributed by atoms with E-state index in [4.69, 9.17) is 0 Å². The molecule has 0 radical (unpaired) electrons. The van der Waals surface area contributed by atoms with E-state index in [0.29, 0.717) is 0 Å². The molecule has 0 amide bonds. The fourth-order valence-corrected chi connectivity index (χ4v) is 6.34. The Labute approximate surface area is 177 Å². The topological polar surface area (TPSA) is 34.1 Å². The van der Waals surface area contributed by atoms with E-state index in [2.05, 4.69) is 39.8 Å². The number of hydrogen-bond donors (Lipinski definition) is 0. The van der Waals surface area contributed by atoms with Crippen LogP contribution in [0.3, 0.4) is 0 Å². The van der Waals surface area contributed by atoms with Crippen LogP contribution in [0.1, 0.15) is 89.6 Å². The Morgan fingerprint density at radius 3 is 1.66 bits per heavy atom. The normalized spacial score (nSPS) is 13.8. The summed E-state index contributed by atoms with van der Waals surface area (Å²) in [6.45, 7) is 18.6. The predicted molar refractivity (Wildman–Crippen MR) is 126 cm³/mol. The van der Waals surface area contributed by atoms with Gasteiger partial charge in [0.05, 0.1) is 0 Å². The quantitative estimate of drug-likeness (QED) is 0.463. The zero-order valence-electron chi connectivity index (χ0n) is 19.4. The van der Waals surface area contributed by atoms with E-state index in [1.807, 2.05) is 52.8 Å². The summed E-state index contributed by atoms with van der Waals surface area (Å²) in [4.78, 5) is 27.5. The van der Waals surface area contributed by atoms with Gasteiger partial charge in [0.25, 0.3) is 0 Å². The largest absolute Gasteiger partial charge is 0.289 e. The van der Waals surface area contributed by atoms with Gasteiger partial charge in [-0.1, -0.05) is 65.0 Å². The Morgan fingerprint density at radius 1 is 0.862 bits per heavy atom. The number of carbonyl (C=O) groups excluding carboxylic acids is 2. The first-order valence-corrected chi connectivity index (χ1v) is 11.9. The minimum Gasteiger partial charge on any atom is -0.289 e. The summed E-state index contributed by atoms with van der Waals surface area (Å²) in [5.74, 6) is 0. The molecule has 0 fully saturated rings. The summed E-state index contributed by atoms with van der Waals surface area (Å²) in [6, 6.07) is 10.1. The van der Waals surface area contributed by atoms with Crippen molar-refractivity contribution in [3.63, 3.8) is 0 Å². The van der Waals surface area contributed by atoms with E-state index in [0.717, 1.165) is 39.8 Å². The summed E-state index contributed by atoms with van der Waals surface area (Å²) in [7, 11) is -1.48. The first-order chi connectivity index (χ1) is 13.4. The van der Waals surface area contributed by atoms with Crippen LogP contribution in [0.2, 0.25) is 0 Å². The van der Waals surface area contributed by atoms with Crippen LogP contribution in [0.15, 0.2) is 30.3 Å². The van der Waals surface area contributed by atoms with Gasteiger partial charge in [-0.25, -0.2) is 0 Å². The number of rotatable bonds is 6. The Balaban J connectivity index is 2.60. The van der Waals surface area contributed by atoms with E-state index in [1.54, 1.807) is 0 Å². The molecule has 2 aromatic rings. The van der Waals surface area contributed by atoms with Gasteiger partial charge < -0.3 is 0 Å². The van der Waals surface area contributed by atoms with Crippen molar-refractivity contribution in [3.8, 4) is 0 Å². The molecule has 0 saturated heterocycles. The summed E-state index contributed by atoms with van der Waals surface area (Å²) in [6.07, 6.45) is 0.812. The maximum atomic E-state index is 13.8. The van der Waals surface area contributed by atoms with Crippen molar-refractivity contribution in [2.24, 2.45) is 0 Å². The van der Waals surface area contributed by atoms with E-state index in [1.165, 1.54) is 5.56 Å². The van der Waals surface area contributed by atoms with E-state index in [-0.39, 0.29) is 22.1 Å². The van der Waals surface area contributed by atoms with Crippen LogP contribution in [0.25, 0.3) is 0 Å². The molecule has 156 valence electrons. The summed E-state index contributed by atoms with van der Waals surface area (Å²) in [5.41, 5.74) is 6.67. The predicted octanol–water partition coefficient (Wildman–Crippen LogP) is 7.48. The molecule has 0 aliphatic rings. The number of benzene rings is 2. The highest BCUT2D eigenvalue weighted by Gasteiger charge is 2.35. The lowest BCUT2D eigenvalue weighted by Crippen LogP contribution is -2.19. The first kappa shape index (κ1) is 23.5. The average Bonchev–Trinajstić information content (AvgIpc) is 2.60. The summed E-state index contributed by atoms with van der Waals surface area (Å²) < 4.78 is 0. The molecule has 29 heavy (non-hydrogen) atoms. The molecule has 2 rings (SSSR count). The van der Waals surface area contributed by atoms with Gasteiger partial charge in [-0.3, -0.25) is 9.59 Å². The van der Waals surface area contributed by atoms with E-state index in [9.17, 15) is 9.59 Å². The van der Waals surface area contributed by atoms with Gasteiger partial charge in [0.2, 0.25) is 0 Å². The number of hydrogen-bond acceptors (Lipinski definition) is 2. The van der Waals surface area contributed by atoms with Crippen LogP contribution in [0, 0.1) is 27.7 Å². The molecule has 0 spiro atoms. The standard InChI is InChI=1S/C26H35O2P/c1-10-20(6)29(24(27)22-16(2)12-11-13-17(22)3)25(28)23-18(4)14-21(15-19(23)5)26(7,8)9/h11-15,20H,10H2,1-9H3. The van der Waals surface area contributed by atoms with Gasteiger partial charge in [0.1, 0.15) is 0 Å². The maximum Gasteiger partial charge on any atom is 0.192 e. The fraction of sp³-hybridized carbons (Fsp3) is 0.462. The minimum atomic E-state index is -1.48. The van der Waals surface area contributed by atoms with Crippen LogP contribution >= 0.6 is 7.92 Å². The molecule has 3 heteroatoms. The van der Waals surface area contributed by atoms with Crippen LogP contribution in [-0.2, 0) is 5.41 Å². The molecule has 0 bridgehead atoms. The highest BCUT2D eigenvalue weighted by atomic mass is 31.1. The second-order valence-corrected chi connectivity index (χ2v) is 11.7. The van der Waals surface area contributed by atoms with Crippen molar-refractivity contribution >= 4 is 19.0 Å². The summed E-state index contributed by atoms with van der Waals surface area (Å²) in [5, 5.41) is 0. The lowest BCUT2D eigenvalue weighted by Gasteiger charge is -2.26. The van der Waals surface area contributed by atoms with Crippen LogP contribution in [-0.4, -0.2) is 16.7 Å². The van der Waals surface area contributed by atoms with Crippen molar-refractivity contribution in [1.82, 2.24) is 0 Å². The second-order valence-electron chi connectivity index (χ2n) is 9.24. The van der Waals surface area contributed by atoms with Crippen LogP contribution in [0.5, 0.6) is 0 Å². The first-order valence-electron chi connectivity index (χ1n) is 10.5. The molecule has 0 heterocycles. The molecule has 0 N–H and O–H groups in total. The molecule has 2 nitrogen and oxygen atoms in total. The molecule has 0 aliphatic carbocycles. The highest BCUT2D eigenvalue weighted by Crippen LogP contribution is 2.50. The maximum absolute atomic E-state index is 13.8. The van der Waals surface area contributed by atoms with Crippen LogP contribution < -0.4 is 0 Å². The van der Waals surface area contributed by atoms with Gasteiger partial charge in [0.15, 0.2) is 11.0 Å². The molecule has 2 aromatic carbocycles. The van der Waals surface area contributed by atoms with Crippen molar-refractivity contribution in [2.45, 2.75) is 79.8 Å².